The number of pyridine rings is 1. The zero-order valence-electron chi connectivity index (χ0n) is 14.9. The largest absolute Gasteiger partial charge is 0.380 e. The molecule has 0 saturated heterocycles. The maximum atomic E-state index is 13.7. The Morgan fingerprint density at radius 1 is 1.12 bits per heavy atom. The quantitative estimate of drug-likeness (QED) is 0.696. The molecule has 1 aromatic carbocycles. The van der Waals surface area contributed by atoms with E-state index in [2.05, 4.69) is 20.3 Å². The van der Waals surface area contributed by atoms with Crippen molar-refractivity contribution in [3.8, 4) is 11.5 Å². The minimum absolute atomic E-state index is 0.247. The highest BCUT2D eigenvalue weighted by molar-refractivity contribution is 5.53. The SMILES string of the molecule is CCc1cc(NCc2ccc(F)c(COC)c2)nc(-c2ccccn2)n1. The first-order chi connectivity index (χ1) is 12.7. The molecule has 2 aromatic heterocycles. The summed E-state index contributed by atoms with van der Waals surface area (Å²) in [6.07, 6.45) is 2.52. The molecule has 3 rings (SSSR count). The molecule has 1 N–H and O–H groups in total. The number of nitrogens with one attached hydrogen (secondary N) is 1. The van der Waals surface area contributed by atoms with Crippen molar-refractivity contribution < 1.29 is 9.13 Å². The Bertz CT molecular complexity index is 871. The summed E-state index contributed by atoms with van der Waals surface area (Å²) in [4.78, 5) is 13.4. The zero-order chi connectivity index (χ0) is 18.4. The van der Waals surface area contributed by atoms with E-state index in [1.165, 1.54) is 6.07 Å². The number of hydrogen-bond donors (Lipinski definition) is 1. The van der Waals surface area contributed by atoms with Gasteiger partial charge < -0.3 is 10.1 Å². The van der Waals surface area contributed by atoms with E-state index >= 15 is 0 Å². The van der Waals surface area contributed by atoms with Crippen molar-refractivity contribution in [2.45, 2.75) is 26.5 Å². The number of rotatable bonds is 7. The summed E-state index contributed by atoms with van der Waals surface area (Å²) in [5.74, 6) is 1.05. The Kier molecular flexibility index (Phi) is 5.86. The first kappa shape index (κ1) is 17.9. The molecule has 0 aliphatic carbocycles. The summed E-state index contributed by atoms with van der Waals surface area (Å²) in [5, 5.41) is 3.29. The summed E-state index contributed by atoms with van der Waals surface area (Å²) in [6, 6.07) is 12.6. The summed E-state index contributed by atoms with van der Waals surface area (Å²) in [7, 11) is 1.55. The number of aryl methyl sites for hydroxylation is 1. The van der Waals surface area contributed by atoms with Crippen LogP contribution >= 0.6 is 0 Å². The van der Waals surface area contributed by atoms with Crippen LogP contribution in [-0.2, 0) is 24.3 Å². The number of aromatic nitrogens is 3. The van der Waals surface area contributed by atoms with E-state index in [-0.39, 0.29) is 12.4 Å². The van der Waals surface area contributed by atoms with E-state index in [0.717, 1.165) is 29.2 Å². The number of halogens is 1. The maximum Gasteiger partial charge on any atom is 0.180 e. The van der Waals surface area contributed by atoms with Crippen molar-refractivity contribution in [2.24, 2.45) is 0 Å². The van der Waals surface area contributed by atoms with Crippen LogP contribution in [0.1, 0.15) is 23.7 Å². The van der Waals surface area contributed by atoms with Crippen LogP contribution in [0.4, 0.5) is 10.2 Å². The molecule has 134 valence electrons. The third kappa shape index (κ3) is 4.40. The van der Waals surface area contributed by atoms with Crippen LogP contribution in [0, 0.1) is 5.82 Å². The molecule has 3 aromatic rings. The Balaban J connectivity index is 1.80. The lowest BCUT2D eigenvalue weighted by Crippen LogP contribution is -2.06. The molecule has 0 aliphatic heterocycles. The smallest absolute Gasteiger partial charge is 0.180 e. The van der Waals surface area contributed by atoms with Crippen LogP contribution in [-0.4, -0.2) is 22.1 Å². The highest BCUT2D eigenvalue weighted by Gasteiger charge is 2.08. The molecule has 0 amide bonds. The van der Waals surface area contributed by atoms with Crippen molar-refractivity contribution in [3.63, 3.8) is 0 Å². The molecule has 0 bridgehead atoms. The van der Waals surface area contributed by atoms with Crippen molar-refractivity contribution in [1.82, 2.24) is 15.0 Å². The summed E-state index contributed by atoms with van der Waals surface area (Å²) in [6.45, 7) is 2.82. The van der Waals surface area contributed by atoms with Crippen molar-refractivity contribution >= 4 is 5.82 Å². The minimum atomic E-state index is -0.261. The fourth-order valence-corrected chi connectivity index (χ4v) is 2.58. The van der Waals surface area contributed by atoms with E-state index in [4.69, 9.17) is 4.74 Å². The molecular weight excluding hydrogens is 331 g/mol. The van der Waals surface area contributed by atoms with Gasteiger partial charge in [-0.25, -0.2) is 14.4 Å². The minimum Gasteiger partial charge on any atom is -0.380 e. The normalized spacial score (nSPS) is 10.7. The number of methoxy groups -OCH3 is 1. The van der Waals surface area contributed by atoms with Crippen LogP contribution in [0.15, 0.2) is 48.7 Å². The number of anilines is 1. The predicted molar refractivity (Wildman–Crippen MR) is 99.1 cm³/mol. The van der Waals surface area contributed by atoms with Crippen molar-refractivity contribution in [1.29, 1.82) is 0 Å². The predicted octanol–water partition coefficient (Wildman–Crippen LogP) is 4.00. The second-order valence-corrected chi connectivity index (χ2v) is 5.85. The van der Waals surface area contributed by atoms with Crippen LogP contribution in [0.2, 0.25) is 0 Å². The Morgan fingerprint density at radius 2 is 2.00 bits per heavy atom. The first-order valence-corrected chi connectivity index (χ1v) is 8.49. The Labute approximate surface area is 152 Å². The van der Waals surface area contributed by atoms with Gasteiger partial charge in [0.2, 0.25) is 0 Å². The second-order valence-electron chi connectivity index (χ2n) is 5.85. The van der Waals surface area contributed by atoms with E-state index in [1.807, 2.05) is 31.2 Å². The molecule has 0 fully saturated rings. The van der Waals surface area contributed by atoms with E-state index < -0.39 is 0 Å². The molecule has 0 aliphatic rings. The van der Waals surface area contributed by atoms with Gasteiger partial charge in [-0.2, -0.15) is 0 Å². The zero-order valence-corrected chi connectivity index (χ0v) is 14.9. The lowest BCUT2D eigenvalue weighted by atomic mass is 10.1. The Morgan fingerprint density at radius 3 is 2.73 bits per heavy atom. The second kappa shape index (κ2) is 8.49. The lowest BCUT2D eigenvalue weighted by Gasteiger charge is -2.10. The molecule has 0 unspecified atom stereocenters. The molecule has 0 radical (unpaired) electrons. The molecule has 2 heterocycles. The van der Waals surface area contributed by atoms with Gasteiger partial charge in [0.05, 0.1) is 6.61 Å². The van der Waals surface area contributed by atoms with Crippen LogP contribution < -0.4 is 5.32 Å². The molecule has 0 atom stereocenters. The summed E-state index contributed by atoms with van der Waals surface area (Å²) in [5.41, 5.74) is 3.16. The Hall–Kier alpha value is -2.86. The van der Waals surface area contributed by atoms with Gasteiger partial charge in [-0.15, -0.1) is 0 Å². The van der Waals surface area contributed by atoms with Crippen molar-refractivity contribution in [3.05, 3.63) is 71.3 Å². The third-order valence-corrected chi connectivity index (χ3v) is 3.92. The summed E-state index contributed by atoms with van der Waals surface area (Å²) >= 11 is 0. The number of nitrogens with zero attached hydrogens (tertiary/aromatic N) is 3. The average molecular weight is 352 g/mol. The first-order valence-electron chi connectivity index (χ1n) is 8.49. The molecule has 6 heteroatoms. The van der Waals surface area contributed by atoms with Gasteiger partial charge in [0, 0.05) is 37.2 Å². The van der Waals surface area contributed by atoms with Gasteiger partial charge >= 0.3 is 0 Å². The van der Waals surface area contributed by atoms with Crippen LogP contribution in [0.3, 0.4) is 0 Å². The number of hydrogen-bond acceptors (Lipinski definition) is 5. The van der Waals surface area contributed by atoms with Gasteiger partial charge in [0.25, 0.3) is 0 Å². The van der Waals surface area contributed by atoms with E-state index in [9.17, 15) is 4.39 Å². The lowest BCUT2D eigenvalue weighted by molar-refractivity contribution is 0.181. The van der Waals surface area contributed by atoms with E-state index in [0.29, 0.717) is 17.9 Å². The van der Waals surface area contributed by atoms with Crippen LogP contribution in [0.5, 0.6) is 0 Å². The average Bonchev–Trinajstić information content (AvgIpc) is 2.69. The number of benzene rings is 1. The van der Waals surface area contributed by atoms with Gasteiger partial charge in [-0.3, -0.25) is 4.98 Å². The van der Waals surface area contributed by atoms with Gasteiger partial charge in [0.1, 0.15) is 17.3 Å². The monoisotopic (exact) mass is 352 g/mol. The fourth-order valence-electron chi connectivity index (χ4n) is 2.58. The van der Waals surface area contributed by atoms with Crippen molar-refractivity contribution in [2.75, 3.05) is 12.4 Å². The topological polar surface area (TPSA) is 59.9 Å². The molecular formula is C20H21FN4O. The van der Waals surface area contributed by atoms with E-state index in [1.54, 1.807) is 25.4 Å². The van der Waals surface area contributed by atoms with Gasteiger partial charge in [0.15, 0.2) is 5.82 Å². The van der Waals surface area contributed by atoms with Gasteiger partial charge in [-0.05, 0) is 36.2 Å². The fraction of sp³-hybridized carbons (Fsp3) is 0.250. The highest BCUT2D eigenvalue weighted by Crippen LogP contribution is 2.18. The molecule has 0 spiro atoms. The van der Waals surface area contributed by atoms with Crippen LogP contribution in [0.25, 0.3) is 11.5 Å². The number of ether oxygens (including phenoxy) is 1. The standard InChI is InChI=1S/C20H21FN4O/c1-3-16-11-19(25-20(24-16)18-6-4-5-9-22-18)23-12-14-7-8-17(21)15(10-14)13-26-2/h4-11H,3,12-13H2,1-2H3,(H,23,24,25). The highest BCUT2D eigenvalue weighted by atomic mass is 19.1. The summed E-state index contributed by atoms with van der Waals surface area (Å²) < 4.78 is 18.8. The molecule has 26 heavy (non-hydrogen) atoms. The molecule has 5 nitrogen and oxygen atoms in total. The van der Waals surface area contributed by atoms with Gasteiger partial charge in [-0.1, -0.05) is 19.1 Å². The molecule has 0 saturated carbocycles. The third-order valence-electron chi connectivity index (χ3n) is 3.92. The maximum absolute atomic E-state index is 13.7.